The van der Waals surface area contributed by atoms with Gasteiger partial charge in [0.05, 0.1) is 51.2 Å². The predicted octanol–water partition coefficient (Wildman–Crippen LogP) is 27.0. The second-order valence-corrected chi connectivity index (χ2v) is 31.8. The first-order chi connectivity index (χ1) is 47.6. The van der Waals surface area contributed by atoms with Crippen molar-refractivity contribution in [1.29, 1.82) is 0 Å². The Hall–Kier alpha value is -10.7. The van der Waals surface area contributed by atoms with Crippen molar-refractivity contribution in [2.45, 2.75) is 117 Å². The van der Waals surface area contributed by atoms with Crippen LogP contribution in [0.1, 0.15) is 139 Å². The standard InChI is InChI=1S/C96H87N3/c1-93(2,3)73-52-70(53-74(60-73)94(4,5)6)66-47-49-83-85(56-66)98(90-79(62-31-17-13-18-32-62)43-29-44-80(90)63-33-19-14-20-34-63)87-58-72(89-77-41-27-25-39-68(77)51-69-40-26-28-42-78(69)89)59-88-92(87)97(83)84-50-48-67(71-54-75(95(7,8)9)61-76(55-71)96(10,11)12)57-86(84)99(88)91-81(64-35-21-15-22-36-64)45-30-46-82(91)65-37-23-16-24-38-65/h13-50,52-61,89H,51H2,1-12H3. The van der Waals surface area contributed by atoms with E-state index in [0.29, 0.717) is 0 Å². The summed E-state index contributed by atoms with van der Waals surface area (Å²) in [5, 5.41) is 0. The van der Waals surface area contributed by atoms with Crippen molar-refractivity contribution in [3.63, 3.8) is 0 Å². The van der Waals surface area contributed by atoms with Crippen LogP contribution in [0, 0.1) is 0 Å². The zero-order valence-corrected chi connectivity index (χ0v) is 59.3. The van der Waals surface area contributed by atoms with Gasteiger partial charge in [0.2, 0.25) is 0 Å². The SMILES string of the molecule is CC(C)(C)c1cc(-c2ccc3c(c2)N(c2c(-c4ccccc4)cccc2-c2ccccc2)c2cc(C4c5ccccc5Cc5ccccc54)cc4c2N3c2ccc(-c3cc(C(C)(C)C)cc(C(C)(C)C)c3)cc2N4c2c(-c3ccccc3)cccc2-c2ccccc2)cc(C(C)(C)C)c1. The molecular weight excluding hydrogens is 1200 g/mol. The van der Waals surface area contributed by atoms with E-state index in [9.17, 15) is 0 Å². The maximum atomic E-state index is 2.70. The molecule has 0 saturated carbocycles. The summed E-state index contributed by atoms with van der Waals surface area (Å²) in [6.07, 6.45) is 0.870. The fourth-order valence-electron chi connectivity index (χ4n) is 15.6. The third-order valence-corrected chi connectivity index (χ3v) is 21.0. The van der Waals surface area contributed by atoms with E-state index in [1.807, 2.05) is 0 Å². The smallest absolute Gasteiger partial charge is 0.0948 e. The van der Waals surface area contributed by atoms with Gasteiger partial charge in [0.1, 0.15) is 0 Å². The highest BCUT2D eigenvalue weighted by Crippen LogP contribution is 2.67. The normalized spacial score (nSPS) is 13.5. The fourth-order valence-corrected chi connectivity index (χ4v) is 15.6. The van der Waals surface area contributed by atoms with Gasteiger partial charge in [-0.15, -0.1) is 0 Å². The van der Waals surface area contributed by atoms with Gasteiger partial charge in [-0.1, -0.05) is 338 Å². The van der Waals surface area contributed by atoms with E-state index < -0.39 is 0 Å². The van der Waals surface area contributed by atoms with Gasteiger partial charge in [0.15, 0.2) is 0 Å². The number of fused-ring (bicyclic) bond motifs is 6. The molecule has 0 saturated heterocycles. The first-order valence-corrected chi connectivity index (χ1v) is 35.5. The lowest BCUT2D eigenvalue weighted by Gasteiger charge is -2.49. The molecule has 99 heavy (non-hydrogen) atoms. The summed E-state index contributed by atoms with van der Waals surface area (Å²) >= 11 is 0. The number of nitrogens with zero attached hydrogens (tertiary/aromatic N) is 3. The molecule has 13 aromatic carbocycles. The van der Waals surface area contributed by atoms with E-state index in [-0.39, 0.29) is 27.6 Å². The maximum absolute atomic E-state index is 2.70. The van der Waals surface area contributed by atoms with Crippen molar-refractivity contribution in [2.75, 3.05) is 14.7 Å². The first kappa shape index (κ1) is 63.0. The zero-order chi connectivity index (χ0) is 68.3. The maximum Gasteiger partial charge on any atom is 0.0948 e. The third kappa shape index (κ3) is 11.3. The summed E-state index contributed by atoms with van der Waals surface area (Å²) in [6.45, 7) is 28.2. The van der Waals surface area contributed by atoms with Crippen molar-refractivity contribution < 1.29 is 0 Å². The Labute approximate surface area is 587 Å². The Morgan fingerprint density at radius 1 is 0.232 bits per heavy atom. The third-order valence-electron chi connectivity index (χ3n) is 21.0. The monoisotopic (exact) mass is 1280 g/mol. The topological polar surface area (TPSA) is 9.72 Å². The largest absolute Gasteiger partial charge is 0.305 e. The Balaban J connectivity index is 1.11. The fraction of sp³-hybridized carbons (Fsp3) is 0.188. The molecule has 0 bridgehead atoms. The lowest BCUT2D eigenvalue weighted by Crippen LogP contribution is -2.31. The molecule has 3 nitrogen and oxygen atoms in total. The second kappa shape index (κ2) is 24.1. The predicted molar refractivity (Wildman–Crippen MR) is 422 cm³/mol. The average Bonchev–Trinajstić information content (AvgIpc) is 0.686. The average molecular weight is 1280 g/mol. The Kier molecular flexibility index (Phi) is 15.3. The van der Waals surface area contributed by atoms with Crippen LogP contribution in [0.3, 0.4) is 0 Å². The molecule has 3 aliphatic rings. The summed E-state index contributed by atoms with van der Waals surface area (Å²) in [6, 6.07) is 112. The number of anilines is 9. The molecule has 2 heterocycles. The number of hydrogen-bond donors (Lipinski definition) is 0. The summed E-state index contributed by atoms with van der Waals surface area (Å²) in [5.41, 5.74) is 35.3. The number of para-hydroxylation sites is 2. The van der Waals surface area contributed by atoms with Gasteiger partial charge in [-0.3, -0.25) is 0 Å². The molecule has 0 N–H and O–H groups in total. The van der Waals surface area contributed by atoms with E-state index in [0.717, 1.165) is 113 Å². The molecule has 0 unspecified atom stereocenters. The Morgan fingerprint density at radius 3 is 0.859 bits per heavy atom. The second-order valence-electron chi connectivity index (χ2n) is 31.8. The molecule has 0 spiro atoms. The van der Waals surface area contributed by atoms with E-state index in [1.54, 1.807) is 0 Å². The molecule has 0 atom stereocenters. The molecular formula is C96H87N3. The van der Waals surface area contributed by atoms with Gasteiger partial charge in [-0.25, -0.2) is 0 Å². The Morgan fingerprint density at radius 2 is 0.535 bits per heavy atom. The molecule has 1 aliphatic carbocycles. The van der Waals surface area contributed by atoms with E-state index in [2.05, 4.69) is 389 Å². The molecule has 0 radical (unpaired) electrons. The van der Waals surface area contributed by atoms with Crippen LogP contribution in [0.4, 0.5) is 51.2 Å². The van der Waals surface area contributed by atoms with Crippen LogP contribution in [0.15, 0.2) is 291 Å². The molecule has 0 amide bonds. The van der Waals surface area contributed by atoms with Gasteiger partial charge < -0.3 is 14.7 Å². The van der Waals surface area contributed by atoms with E-state index >= 15 is 0 Å². The van der Waals surface area contributed by atoms with E-state index in [4.69, 9.17) is 0 Å². The molecule has 486 valence electrons. The molecule has 0 aromatic heterocycles. The zero-order valence-electron chi connectivity index (χ0n) is 59.3. The van der Waals surface area contributed by atoms with Gasteiger partial charge in [0, 0.05) is 28.2 Å². The van der Waals surface area contributed by atoms with Gasteiger partial charge in [-0.05, 0) is 159 Å². The number of rotatable bonds is 9. The van der Waals surface area contributed by atoms with E-state index in [1.165, 1.54) is 61.2 Å². The highest BCUT2D eigenvalue weighted by molar-refractivity contribution is 6.17. The van der Waals surface area contributed by atoms with Crippen LogP contribution in [0.2, 0.25) is 0 Å². The van der Waals surface area contributed by atoms with Crippen molar-refractivity contribution in [2.24, 2.45) is 0 Å². The van der Waals surface area contributed by atoms with Crippen molar-refractivity contribution in [1.82, 2.24) is 0 Å². The first-order valence-electron chi connectivity index (χ1n) is 35.5. The summed E-state index contributed by atoms with van der Waals surface area (Å²) in [7, 11) is 0. The minimum atomic E-state index is -0.117. The highest BCUT2D eigenvalue weighted by atomic mass is 15.3. The molecule has 2 aliphatic heterocycles. The summed E-state index contributed by atoms with van der Waals surface area (Å²) in [4.78, 5) is 8.06. The van der Waals surface area contributed by atoms with Gasteiger partial charge in [0.25, 0.3) is 0 Å². The van der Waals surface area contributed by atoms with Crippen LogP contribution in [-0.4, -0.2) is 0 Å². The Bertz CT molecular complexity index is 4760. The van der Waals surface area contributed by atoms with Crippen LogP contribution in [-0.2, 0) is 28.1 Å². The van der Waals surface area contributed by atoms with Crippen molar-refractivity contribution >= 4 is 51.2 Å². The van der Waals surface area contributed by atoms with Crippen LogP contribution >= 0.6 is 0 Å². The molecule has 16 rings (SSSR count). The molecule has 0 fully saturated rings. The minimum Gasteiger partial charge on any atom is -0.305 e. The molecule has 3 heteroatoms. The lowest BCUT2D eigenvalue weighted by molar-refractivity contribution is 0.568. The minimum absolute atomic E-state index is 0.0956. The van der Waals surface area contributed by atoms with Crippen molar-refractivity contribution in [3.05, 3.63) is 341 Å². The van der Waals surface area contributed by atoms with Crippen LogP contribution in [0.5, 0.6) is 0 Å². The van der Waals surface area contributed by atoms with Gasteiger partial charge >= 0.3 is 0 Å². The summed E-state index contributed by atoms with van der Waals surface area (Å²) in [5.74, 6) is -0.117. The van der Waals surface area contributed by atoms with Gasteiger partial charge in [-0.2, -0.15) is 0 Å². The molecule has 13 aromatic rings. The summed E-state index contributed by atoms with van der Waals surface area (Å²) < 4.78 is 0. The van der Waals surface area contributed by atoms with Crippen molar-refractivity contribution in [3.8, 4) is 66.8 Å². The van der Waals surface area contributed by atoms with Crippen LogP contribution in [0.25, 0.3) is 66.8 Å². The van der Waals surface area contributed by atoms with Crippen LogP contribution < -0.4 is 14.7 Å². The lowest BCUT2D eigenvalue weighted by atomic mass is 9.74. The highest BCUT2D eigenvalue weighted by Gasteiger charge is 2.44. The quantitative estimate of drug-likeness (QED) is 0.143. The number of benzene rings is 13. The number of hydrogen-bond acceptors (Lipinski definition) is 3.